The Kier molecular flexibility index (Phi) is 4.59. The molecule has 19 heavy (non-hydrogen) atoms. The van der Waals surface area contributed by atoms with Crippen molar-refractivity contribution in [2.75, 3.05) is 12.5 Å². The number of rotatable bonds is 4. The lowest BCUT2D eigenvalue weighted by molar-refractivity contribution is 0.587. The molecule has 1 aromatic carbocycles. The molecule has 0 amide bonds. The van der Waals surface area contributed by atoms with E-state index in [1.807, 2.05) is 0 Å². The molecule has 0 aliphatic rings. The van der Waals surface area contributed by atoms with Crippen LogP contribution in [0.1, 0.15) is 5.56 Å². The topological polar surface area (TPSA) is 118 Å². The van der Waals surface area contributed by atoms with Crippen LogP contribution in [0.3, 0.4) is 0 Å². The fourth-order valence-corrected chi connectivity index (χ4v) is 2.26. The first-order valence-electron chi connectivity index (χ1n) is 5.12. The van der Waals surface area contributed by atoms with E-state index in [1.165, 1.54) is 13.1 Å². The molecule has 2 N–H and O–H groups in total. The maximum Gasteiger partial charge on any atom is 0.240 e. The molecule has 0 bridgehead atoms. The van der Waals surface area contributed by atoms with E-state index < -0.39 is 10.0 Å². The Hall–Kier alpha value is -2.42. The van der Waals surface area contributed by atoms with Gasteiger partial charge in [-0.25, -0.2) is 13.1 Å². The summed E-state index contributed by atoms with van der Waals surface area (Å²) in [4.78, 5) is 0.102. The van der Waals surface area contributed by atoms with Crippen molar-refractivity contribution in [1.82, 2.24) is 4.72 Å². The third kappa shape index (κ3) is 3.52. The van der Waals surface area contributed by atoms with Crippen molar-refractivity contribution in [2.45, 2.75) is 11.8 Å². The van der Waals surface area contributed by atoms with E-state index in [2.05, 4.69) is 15.2 Å². The summed E-state index contributed by atoms with van der Waals surface area (Å²) in [6.45, 7) is 1.66. The summed E-state index contributed by atoms with van der Waals surface area (Å²) < 4.78 is 25.7. The van der Waals surface area contributed by atoms with Crippen LogP contribution >= 0.6 is 0 Å². The van der Waals surface area contributed by atoms with E-state index in [1.54, 1.807) is 31.2 Å². The maximum absolute atomic E-state index is 11.7. The molecule has 0 saturated heterocycles. The number of hydrogen-bond acceptors (Lipinski definition) is 6. The van der Waals surface area contributed by atoms with E-state index >= 15 is 0 Å². The van der Waals surface area contributed by atoms with Crippen LogP contribution in [0, 0.1) is 29.6 Å². The number of sulfonamides is 1. The van der Waals surface area contributed by atoms with Gasteiger partial charge in [0.25, 0.3) is 0 Å². The van der Waals surface area contributed by atoms with E-state index in [0.29, 0.717) is 11.3 Å². The minimum Gasteiger partial charge on any atom is -0.276 e. The smallest absolute Gasteiger partial charge is 0.240 e. The number of benzene rings is 1. The third-order valence-corrected chi connectivity index (χ3v) is 3.81. The Labute approximate surface area is 111 Å². The lowest BCUT2D eigenvalue weighted by atomic mass is 10.2. The molecule has 0 fully saturated rings. The van der Waals surface area contributed by atoms with Crippen LogP contribution in [-0.2, 0) is 10.0 Å². The summed E-state index contributed by atoms with van der Waals surface area (Å²) in [5.74, 6) is 0. The van der Waals surface area contributed by atoms with Crippen molar-refractivity contribution in [3.05, 3.63) is 23.8 Å². The van der Waals surface area contributed by atoms with Gasteiger partial charge in [0.05, 0.1) is 10.6 Å². The molecule has 0 atom stereocenters. The Balaban J connectivity index is 3.16. The van der Waals surface area contributed by atoms with Crippen LogP contribution in [0.25, 0.3) is 0 Å². The Morgan fingerprint density at radius 2 is 1.95 bits per heavy atom. The minimum absolute atomic E-state index is 0.102. The summed E-state index contributed by atoms with van der Waals surface area (Å²) in [6, 6.07) is 7.74. The van der Waals surface area contributed by atoms with E-state index in [9.17, 15) is 8.42 Å². The monoisotopic (exact) mass is 277 g/mol. The zero-order chi connectivity index (χ0) is 14.5. The Bertz CT molecular complexity index is 679. The van der Waals surface area contributed by atoms with Crippen LogP contribution in [0.2, 0.25) is 0 Å². The average Bonchev–Trinajstić information content (AvgIpc) is 2.41. The normalized spacial score (nSPS) is 10.1. The molecule has 1 aromatic rings. The van der Waals surface area contributed by atoms with Crippen LogP contribution in [0.4, 0.5) is 5.69 Å². The number of hydrazone groups is 1. The number of hydrogen-bond donors (Lipinski definition) is 2. The van der Waals surface area contributed by atoms with Gasteiger partial charge >= 0.3 is 0 Å². The first kappa shape index (κ1) is 14.6. The largest absolute Gasteiger partial charge is 0.276 e. The van der Waals surface area contributed by atoms with Gasteiger partial charge in [-0.2, -0.15) is 15.6 Å². The molecule has 7 nitrogen and oxygen atoms in total. The lowest BCUT2D eigenvalue weighted by Gasteiger charge is -2.08. The first-order chi connectivity index (χ1) is 8.94. The summed E-state index contributed by atoms with van der Waals surface area (Å²) in [6.07, 6.45) is 0. The van der Waals surface area contributed by atoms with Crippen LogP contribution < -0.4 is 10.1 Å². The molecule has 98 valence electrons. The predicted molar refractivity (Wildman–Crippen MR) is 69.7 cm³/mol. The van der Waals surface area contributed by atoms with Crippen molar-refractivity contribution in [3.8, 4) is 12.1 Å². The van der Waals surface area contributed by atoms with Crippen molar-refractivity contribution < 1.29 is 8.42 Å². The number of nitriles is 2. The Morgan fingerprint density at radius 1 is 1.32 bits per heavy atom. The summed E-state index contributed by atoms with van der Waals surface area (Å²) in [5.41, 5.74) is 3.05. The molecule has 1 rings (SSSR count). The van der Waals surface area contributed by atoms with E-state index in [4.69, 9.17) is 10.5 Å². The molecule has 8 heteroatoms. The highest BCUT2D eigenvalue weighted by Gasteiger charge is 2.14. The van der Waals surface area contributed by atoms with Gasteiger partial charge in [0, 0.05) is 0 Å². The molecular formula is C11H11N5O2S. The van der Waals surface area contributed by atoms with Gasteiger partial charge in [0.1, 0.15) is 12.1 Å². The molecule has 0 heterocycles. The molecule has 0 aliphatic carbocycles. The zero-order valence-electron chi connectivity index (χ0n) is 10.3. The number of nitrogens with one attached hydrogen (secondary N) is 2. The van der Waals surface area contributed by atoms with E-state index in [0.717, 1.165) is 0 Å². The fraction of sp³-hybridized carbons (Fsp3) is 0.182. The number of nitrogens with zero attached hydrogens (tertiary/aromatic N) is 3. The van der Waals surface area contributed by atoms with Crippen LogP contribution in [0.15, 0.2) is 28.2 Å². The van der Waals surface area contributed by atoms with E-state index in [-0.39, 0.29) is 10.6 Å². The van der Waals surface area contributed by atoms with Gasteiger partial charge in [0.15, 0.2) is 0 Å². The number of anilines is 1. The lowest BCUT2D eigenvalue weighted by Crippen LogP contribution is -2.19. The Morgan fingerprint density at radius 3 is 2.47 bits per heavy atom. The van der Waals surface area contributed by atoms with Crippen LogP contribution in [0.5, 0.6) is 0 Å². The molecule has 0 spiro atoms. The molecule has 0 unspecified atom stereocenters. The highest BCUT2D eigenvalue weighted by molar-refractivity contribution is 7.89. The average molecular weight is 277 g/mol. The van der Waals surface area contributed by atoms with Crippen molar-refractivity contribution >= 4 is 21.4 Å². The summed E-state index contributed by atoms with van der Waals surface area (Å²) >= 11 is 0. The van der Waals surface area contributed by atoms with Gasteiger partial charge in [0.2, 0.25) is 15.7 Å². The SMILES string of the molecule is CNS(=O)(=O)c1cc(NN=C(C#N)C#N)ccc1C. The van der Waals surface area contributed by atoms with Gasteiger partial charge in [-0.3, -0.25) is 5.43 Å². The standard InChI is InChI=1S/C11H11N5O2S/c1-8-3-4-9(15-16-10(6-12)7-13)5-11(8)19(17,18)14-2/h3-5,14-15H,1-2H3. The minimum atomic E-state index is -3.57. The second-order valence-corrected chi connectivity index (χ2v) is 5.34. The second kappa shape index (κ2) is 5.96. The molecular weight excluding hydrogens is 266 g/mol. The van der Waals surface area contributed by atoms with Gasteiger partial charge in [-0.15, -0.1) is 0 Å². The van der Waals surface area contributed by atoms with Gasteiger partial charge < -0.3 is 0 Å². The van der Waals surface area contributed by atoms with Crippen molar-refractivity contribution in [2.24, 2.45) is 5.10 Å². The van der Waals surface area contributed by atoms with Gasteiger partial charge in [-0.05, 0) is 31.7 Å². The number of aryl methyl sites for hydroxylation is 1. The second-order valence-electron chi connectivity index (χ2n) is 3.48. The van der Waals surface area contributed by atoms with Crippen molar-refractivity contribution in [1.29, 1.82) is 10.5 Å². The van der Waals surface area contributed by atoms with Crippen molar-refractivity contribution in [3.63, 3.8) is 0 Å². The zero-order valence-corrected chi connectivity index (χ0v) is 11.1. The molecule has 0 saturated carbocycles. The fourth-order valence-electron chi connectivity index (χ4n) is 1.26. The molecule has 0 aliphatic heterocycles. The third-order valence-electron chi connectivity index (χ3n) is 2.25. The molecule has 0 radical (unpaired) electrons. The van der Waals surface area contributed by atoms with Crippen LogP contribution in [-0.4, -0.2) is 21.2 Å². The molecule has 0 aromatic heterocycles. The summed E-state index contributed by atoms with van der Waals surface area (Å²) in [7, 11) is -2.25. The highest BCUT2D eigenvalue weighted by atomic mass is 32.2. The first-order valence-corrected chi connectivity index (χ1v) is 6.61. The van der Waals surface area contributed by atoms with Gasteiger partial charge in [-0.1, -0.05) is 6.07 Å². The summed E-state index contributed by atoms with van der Waals surface area (Å²) in [5, 5.41) is 20.6. The maximum atomic E-state index is 11.7. The highest BCUT2D eigenvalue weighted by Crippen LogP contribution is 2.19. The quantitative estimate of drug-likeness (QED) is 0.621. The predicted octanol–water partition coefficient (Wildman–Crippen LogP) is 0.718.